The molecular weight excluding hydrogens is 864 g/mol. The molecule has 0 spiro atoms. The van der Waals surface area contributed by atoms with Crippen molar-refractivity contribution in [3.05, 3.63) is 12.7 Å². The van der Waals surface area contributed by atoms with E-state index in [1.807, 2.05) is 6.92 Å². The van der Waals surface area contributed by atoms with E-state index in [2.05, 4.69) is 43.5 Å². The van der Waals surface area contributed by atoms with Crippen LogP contribution in [0.2, 0.25) is 0 Å². The van der Waals surface area contributed by atoms with E-state index in [9.17, 15) is 57.9 Å². The van der Waals surface area contributed by atoms with Crippen molar-refractivity contribution in [1.82, 2.24) is 30.2 Å². The third kappa shape index (κ3) is 17.9. The molecule has 0 saturated carbocycles. The number of aromatic nitrogens is 4. The maximum absolute atomic E-state index is 12.5. The van der Waals surface area contributed by atoms with Crippen LogP contribution < -0.4 is 120 Å². The second-order valence-electron chi connectivity index (χ2n) is 12.0. The van der Waals surface area contributed by atoms with Crippen LogP contribution in [0.1, 0.15) is 46.3 Å². The summed E-state index contributed by atoms with van der Waals surface area (Å²) in [5.41, 5.74) is 4.11. The second-order valence-corrected chi connectivity index (χ2v) is 17.2. The monoisotopic (exact) mass is 903 g/mol. The van der Waals surface area contributed by atoms with Crippen LogP contribution in [0, 0.1) is 5.41 Å². The number of nitrogens with two attached hydrogens (primary N) is 1. The van der Waals surface area contributed by atoms with Gasteiger partial charge in [0.1, 0.15) is 36.3 Å². The molecule has 2 aromatic heterocycles. The van der Waals surface area contributed by atoms with Crippen LogP contribution in [0.4, 0.5) is 5.82 Å². The number of imidazole rings is 1. The molecule has 7 N–H and O–H groups in total. The number of nitrogens with one attached hydrogen (secondary N) is 2. The van der Waals surface area contributed by atoms with Crippen molar-refractivity contribution in [3.8, 4) is 0 Å². The Morgan fingerprint density at radius 3 is 2.32 bits per heavy atom. The number of hydrogen-bond donors (Lipinski definition) is 6. The quantitative estimate of drug-likeness (QED) is 0.0385. The van der Waals surface area contributed by atoms with Gasteiger partial charge in [0.05, 0.1) is 19.5 Å². The molecule has 8 unspecified atom stereocenters. The first-order valence-corrected chi connectivity index (χ1v) is 21.0. The van der Waals surface area contributed by atoms with E-state index in [1.165, 1.54) is 13.8 Å². The first-order valence-electron chi connectivity index (χ1n) is 15.5. The molecule has 0 aromatic carbocycles. The van der Waals surface area contributed by atoms with Gasteiger partial charge in [0.2, 0.25) is 11.8 Å². The molecule has 3 heterocycles. The number of carbonyl (C=O) groups is 3. The predicted molar refractivity (Wildman–Crippen MR) is 175 cm³/mol. The smallest absolute Gasteiger partial charge is 0.756 e. The maximum atomic E-state index is 12.5. The zero-order valence-electron chi connectivity index (χ0n) is 31.4. The van der Waals surface area contributed by atoms with Gasteiger partial charge in [0.25, 0.3) is 23.5 Å². The maximum Gasteiger partial charge on any atom is 1.00 e. The van der Waals surface area contributed by atoms with E-state index in [4.69, 9.17) is 10.5 Å². The molecule has 24 nitrogen and oxygen atoms in total. The Kier molecular flexibility index (Phi) is 25.1. The number of hydrogen-bond acceptors (Lipinski definition) is 21. The second kappa shape index (κ2) is 24.9. The van der Waals surface area contributed by atoms with E-state index in [0.717, 1.165) is 29.0 Å². The van der Waals surface area contributed by atoms with Gasteiger partial charge in [-0.05, 0) is 6.42 Å². The van der Waals surface area contributed by atoms with Crippen LogP contribution in [0.25, 0.3) is 11.2 Å². The molecule has 3 rings (SSSR count). The number of nitrogen functional groups attached to an aromatic ring is 1. The Bertz CT molecular complexity index is 1760. The van der Waals surface area contributed by atoms with Gasteiger partial charge < -0.3 is 64.5 Å². The average molecular weight is 904 g/mol. The van der Waals surface area contributed by atoms with Crippen molar-refractivity contribution in [2.24, 2.45) is 5.41 Å². The van der Waals surface area contributed by atoms with Gasteiger partial charge in [-0.2, -0.15) is 0 Å². The summed E-state index contributed by atoms with van der Waals surface area (Å²) >= 11 is 1.08. The Morgan fingerprint density at radius 2 is 1.70 bits per heavy atom. The first kappa shape index (κ1) is 56.6. The van der Waals surface area contributed by atoms with Gasteiger partial charge in [-0.3, -0.25) is 32.6 Å². The third-order valence-corrected chi connectivity index (χ3v) is 11.2. The van der Waals surface area contributed by atoms with E-state index >= 15 is 0 Å². The molecule has 300 valence electrons. The zero-order chi connectivity index (χ0) is 39.8. The average Bonchev–Trinajstić information content (AvgIpc) is 3.61. The molecule has 2 aromatic rings. The molecule has 1 saturated heterocycles. The van der Waals surface area contributed by atoms with Crippen molar-refractivity contribution in [1.29, 1.82) is 0 Å². The Hall–Kier alpha value is 0.560. The number of ether oxygens (including phenoxy) is 1. The topological polar surface area (TPSA) is 372 Å². The molecule has 1 fully saturated rings. The molecular formula is C25H39N7Na3O17P3S. The minimum atomic E-state index is -5.89. The number of thioether (sulfide) groups is 1. The first-order chi connectivity index (χ1) is 24.6. The summed E-state index contributed by atoms with van der Waals surface area (Å²) < 4.78 is 60.7. The van der Waals surface area contributed by atoms with Crippen LogP contribution in [0.3, 0.4) is 0 Å². The van der Waals surface area contributed by atoms with E-state index < -0.39 is 84.6 Å². The summed E-state index contributed by atoms with van der Waals surface area (Å²) in [6.45, 7) is 2.06. The number of nitrogens with zero attached hydrogens (tertiary/aromatic N) is 4. The van der Waals surface area contributed by atoms with Crippen molar-refractivity contribution in [3.63, 3.8) is 0 Å². The standard InChI is InChI=1S/C25H42N7O17P3S.3Na/c1-4-5-16(34)53-9-8-27-15(33)6-7-28-23(37)20(36)25(2,3)11-46-52(43,44)49-51(41,42)45-10-14-19(48-50(38,39)40)18(35)24(47-14)32-13-31-17-21(26)29-12-30-22(17)32;;;/h12-14,18-20,24,35-36H,4-11H2,1-3H3,(H,27,33)(H,28,37)(H,41,42)(H,43,44)(H2,26,29,30)(H2,38,39,40);;;/q;3*+1/p-3. The Labute approximate surface area is 391 Å². The summed E-state index contributed by atoms with van der Waals surface area (Å²) in [6.07, 6.45) is -6.21. The van der Waals surface area contributed by atoms with E-state index in [0.29, 0.717) is 18.6 Å². The van der Waals surface area contributed by atoms with Gasteiger partial charge >= 0.3 is 88.7 Å². The summed E-state index contributed by atoms with van der Waals surface area (Å²) in [7, 11) is -17.3. The van der Waals surface area contributed by atoms with E-state index in [-0.39, 0.29) is 130 Å². The van der Waals surface area contributed by atoms with E-state index in [1.54, 1.807) is 0 Å². The molecule has 0 bridgehead atoms. The molecule has 2 amide bonds. The molecule has 8 atom stereocenters. The number of amides is 2. The minimum absolute atomic E-state index is 0. The number of phosphoric acid groups is 3. The predicted octanol–water partition coefficient (Wildman–Crippen LogP) is -11.4. The number of aliphatic hydroxyl groups excluding tert-OH is 2. The van der Waals surface area contributed by atoms with Gasteiger partial charge in [0.15, 0.2) is 22.8 Å². The third-order valence-electron chi connectivity index (χ3n) is 7.20. The van der Waals surface area contributed by atoms with Crippen molar-refractivity contribution in [2.45, 2.75) is 70.7 Å². The van der Waals surface area contributed by atoms with Crippen LogP contribution in [-0.4, -0.2) is 108 Å². The molecule has 31 heteroatoms. The van der Waals surface area contributed by atoms with Crippen molar-refractivity contribution in [2.75, 3.05) is 37.8 Å². The SMILES string of the molecule is CCCC(=O)SCCNC(=O)CCNC(=O)C(O)C(C)(C)COP(=O)([O-])OP(=O)([O-])OCC1OC(n2cnc3c(N)ncnc32)C(O)C1OP(=O)([O-])O.[Na+].[Na+].[Na+]. The number of aliphatic hydroxyl groups is 2. The zero-order valence-corrected chi connectivity index (χ0v) is 40.9. The number of rotatable bonds is 21. The Morgan fingerprint density at radius 1 is 1.05 bits per heavy atom. The van der Waals surface area contributed by atoms with Crippen LogP contribution >= 0.6 is 35.2 Å². The normalized spacial score (nSPS) is 21.9. The van der Waals surface area contributed by atoms with Gasteiger partial charge in [-0.15, -0.1) is 0 Å². The number of anilines is 1. The summed E-state index contributed by atoms with van der Waals surface area (Å²) in [6, 6.07) is 0. The van der Waals surface area contributed by atoms with Gasteiger partial charge in [-0.1, -0.05) is 32.5 Å². The largest absolute Gasteiger partial charge is 1.00 e. The van der Waals surface area contributed by atoms with Gasteiger partial charge in [0, 0.05) is 37.1 Å². The fourth-order valence-electron chi connectivity index (χ4n) is 4.55. The Balaban J connectivity index is 0.0000101. The molecule has 56 heavy (non-hydrogen) atoms. The van der Waals surface area contributed by atoms with Crippen LogP contribution in [0.15, 0.2) is 12.7 Å². The minimum Gasteiger partial charge on any atom is -0.756 e. The number of fused-ring (bicyclic) bond motifs is 1. The fourth-order valence-corrected chi connectivity index (χ4v) is 8.08. The number of phosphoric ester groups is 3. The number of carbonyl (C=O) groups excluding carboxylic acids is 3. The molecule has 1 aliphatic rings. The fraction of sp³-hybridized carbons (Fsp3) is 0.680. The van der Waals surface area contributed by atoms with Gasteiger partial charge in [-0.25, -0.2) is 19.3 Å². The van der Waals surface area contributed by atoms with Crippen LogP contribution in [0.5, 0.6) is 0 Å². The molecule has 0 radical (unpaired) electrons. The van der Waals surface area contributed by atoms with Crippen LogP contribution in [-0.2, 0) is 50.7 Å². The summed E-state index contributed by atoms with van der Waals surface area (Å²) in [4.78, 5) is 93.2. The van der Waals surface area contributed by atoms with Crippen molar-refractivity contribution >= 4 is 69.1 Å². The van der Waals surface area contributed by atoms with Crippen molar-refractivity contribution < 1.29 is 169 Å². The molecule has 0 aliphatic carbocycles. The molecule has 1 aliphatic heterocycles. The summed E-state index contributed by atoms with van der Waals surface area (Å²) in [5.74, 6) is -1.14. The summed E-state index contributed by atoms with van der Waals surface area (Å²) in [5, 5.41) is 26.1.